The minimum Gasteiger partial charge on any atom is -0.481 e. The highest BCUT2D eigenvalue weighted by atomic mass is 32.1. The van der Waals surface area contributed by atoms with Crippen molar-refractivity contribution in [3.05, 3.63) is 34.5 Å². The number of hydrogen-bond donors (Lipinski definition) is 3. The van der Waals surface area contributed by atoms with E-state index in [0.717, 1.165) is 44.9 Å². The van der Waals surface area contributed by atoms with Crippen molar-refractivity contribution in [3.63, 3.8) is 0 Å². The van der Waals surface area contributed by atoms with Crippen LogP contribution < -0.4 is 0 Å². The highest BCUT2D eigenvalue weighted by Crippen LogP contribution is 2.48. The fraction of sp³-hybridized carbons (Fsp3) is 0.692. The Labute approximate surface area is 195 Å². The molecule has 1 aromatic heterocycles. The Morgan fingerprint density at radius 2 is 2.09 bits per heavy atom. The summed E-state index contributed by atoms with van der Waals surface area (Å²) in [6.07, 6.45) is 13.1. The Balaban J connectivity index is 1.51. The number of carbonyl (C=O) groups is 1. The highest BCUT2D eigenvalue weighted by molar-refractivity contribution is 7.09. The summed E-state index contributed by atoms with van der Waals surface area (Å²) < 4.78 is 0. The summed E-state index contributed by atoms with van der Waals surface area (Å²) in [5.74, 6) is -0.799. The fourth-order valence-corrected chi connectivity index (χ4v) is 6.46. The van der Waals surface area contributed by atoms with E-state index in [-0.39, 0.29) is 35.7 Å². The molecule has 5 nitrogen and oxygen atoms in total. The highest BCUT2D eigenvalue weighted by Gasteiger charge is 2.43. The third-order valence-corrected chi connectivity index (χ3v) is 8.55. The molecule has 5 atom stereocenters. The Kier molecular flexibility index (Phi) is 9.34. The first kappa shape index (κ1) is 25.0. The molecule has 2 saturated carbocycles. The van der Waals surface area contributed by atoms with Crippen LogP contribution in [0.1, 0.15) is 75.5 Å². The number of rotatable bonds is 13. The zero-order valence-electron chi connectivity index (χ0n) is 18.9. The third kappa shape index (κ3) is 6.43. The van der Waals surface area contributed by atoms with Crippen LogP contribution in [0.15, 0.2) is 29.7 Å². The van der Waals surface area contributed by atoms with Gasteiger partial charge in [0.1, 0.15) is 0 Å². The summed E-state index contributed by atoms with van der Waals surface area (Å²) in [6.45, 7) is 0. The van der Waals surface area contributed by atoms with E-state index in [4.69, 9.17) is 5.11 Å². The Hall–Kier alpha value is -1.68. The van der Waals surface area contributed by atoms with Gasteiger partial charge in [-0.15, -0.1) is 11.3 Å². The molecule has 1 heterocycles. The summed E-state index contributed by atoms with van der Waals surface area (Å²) in [6, 6.07) is 6.60. The Morgan fingerprint density at radius 1 is 1.31 bits per heavy atom. The van der Waals surface area contributed by atoms with Crippen LogP contribution in [-0.4, -0.2) is 33.5 Å². The summed E-state index contributed by atoms with van der Waals surface area (Å²) in [5.41, 5.74) is -0.0198. The molecule has 6 heteroatoms. The summed E-state index contributed by atoms with van der Waals surface area (Å²) in [5, 5.41) is 42.0. The first-order valence-electron chi connectivity index (χ1n) is 12.1. The number of unbranched alkanes of at least 4 members (excludes halogenated alkanes) is 3. The summed E-state index contributed by atoms with van der Waals surface area (Å²) >= 11 is 1.76. The molecule has 0 radical (unpaired) electrons. The standard InChI is InChI=1S/C26H37NO4S/c27-18-19-16-23(28)22(21(19)9-3-1-2-4-12-25(30)31)10-5-11-24(29)26(13-7-14-26)17-20-8-6-15-32-20/h5-6,8,10,15,19,21-24,28-29H,1-4,7,9,11-14,16-17H2,(H,30,31)/t19-,21-,22+,23+,24?/m0/s1. The van der Waals surface area contributed by atoms with Crippen molar-refractivity contribution in [3.8, 4) is 6.07 Å². The van der Waals surface area contributed by atoms with Crippen LogP contribution in [0.2, 0.25) is 0 Å². The SMILES string of the molecule is N#C[C@@H]1C[C@@H](O)[C@H](C=CCC(O)C2(Cc3cccs3)CCC2)[C@H]1CCCCCCC(=O)O. The molecule has 0 spiro atoms. The van der Waals surface area contributed by atoms with Gasteiger partial charge in [-0.1, -0.05) is 43.9 Å². The average molecular weight is 460 g/mol. The van der Waals surface area contributed by atoms with Gasteiger partial charge in [-0.05, 0) is 62.3 Å². The van der Waals surface area contributed by atoms with Crippen molar-refractivity contribution >= 4 is 17.3 Å². The van der Waals surface area contributed by atoms with E-state index in [1.165, 1.54) is 11.3 Å². The molecule has 2 fully saturated rings. The average Bonchev–Trinajstić information content (AvgIpc) is 3.35. The maximum atomic E-state index is 11.0. The molecule has 2 aliphatic carbocycles. The molecular weight excluding hydrogens is 422 g/mol. The lowest BCUT2D eigenvalue weighted by Crippen LogP contribution is -2.42. The zero-order chi connectivity index (χ0) is 23.0. The lowest BCUT2D eigenvalue weighted by Gasteiger charge is -2.45. The van der Waals surface area contributed by atoms with Crippen LogP contribution in [0.25, 0.3) is 0 Å². The number of carboxylic acids is 1. The monoisotopic (exact) mass is 459 g/mol. The molecule has 1 unspecified atom stereocenters. The first-order chi connectivity index (χ1) is 15.4. The van der Waals surface area contributed by atoms with E-state index in [0.29, 0.717) is 19.3 Å². The van der Waals surface area contributed by atoms with Crippen LogP contribution in [0.4, 0.5) is 0 Å². The predicted molar refractivity (Wildman–Crippen MR) is 126 cm³/mol. The van der Waals surface area contributed by atoms with Crippen molar-refractivity contribution in [1.82, 2.24) is 0 Å². The van der Waals surface area contributed by atoms with Gasteiger partial charge in [0.25, 0.3) is 0 Å². The minimum atomic E-state index is -0.750. The maximum absolute atomic E-state index is 11.0. The van der Waals surface area contributed by atoms with Crippen molar-refractivity contribution < 1.29 is 20.1 Å². The molecule has 3 rings (SSSR count). The number of aliphatic hydroxyl groups excluding tert-OH is 2. The molecule has 0 aliphatic heterocycles. The number of aliphatic carboxylic acids is 1. The van der Waals surface area contributed by atoms with E-state index in [1.54, 1.807) is 11.3 Å². The van der Waals surface area contributed by atoms with Crippen molar-refractivity contribution in [2.24, 2.45) is 23.2 Å². The zero-order valence-corrected chi connectivity index (χ0v) is 19.7. The second-order valence-electron chi connectivity index (χ2n) is 9.78. The number of nitriles is 1. The number of aliphatic hydroxyl groups is 2. The van der Waals surface area contributed by atoms with E-state index < -0.39 is 12.1 Å². The molecule has 32 heavy (non-hydrogen) atoms. The number of hydrogen-bond acceptors (Lipinski definition) is 5. The van der Waals surface area contributed by atoms with Gasteiger partial charge in [0.2, 0.25) is 0 Å². The first-order valence-corrected chi connectivity index (χ1v) is 13.0. The van der Waals surface area contributed by atoms with Gasteiger partial charge in [-0.25, -0.2) is 0 Å². The second-order valence-corrected chi connectivity index (χ2v) is 10.8. The maximum Gasteiger partial charge on any atom is 0.303 e. The number of nitrogens with zero attached hydrogens (tertiary/aromatic N) is 1. The minimum absolute atomic E-state index is 0.0198. The molecule has 3 N–H and O–H groups in total. The lowest BCUT2D eigenvalue weighted by molar-refractivity contribution is -0.137. The number of thiophene rings is 1. The van der Waals surface area contributed by atoms with Crippen molar-refractivity contribution in [2.75, 3.05) is 0 Å². The normalized spacial score (nSPS) is 27.8. The van der Waals surface area contributed by atoms with E-state index in [1.807, 2.05) is 6.08 Å². The van der Waals surface area contributed by atoms with Gasteiger partial charge in [-0.2, -0.15) is 5.26 Å². The quantitative estimate of drug-likeness (QED) is 0.273. The van der Waals surface area contributed by atoms with E-state index in [9.17, 15) is 20.3 Å². The number of carboxylic acid groups (broad SMARTS) is 1. The van der Waals surface area contributed by atoms with Gasteiger partial charge in [-0.3, -0.25) is 4.79 Å². The second kappa shape index (κ2) is 12.0. The van der Waals surface area contributed by atoms with Crippen LogP contribution >= 0.6 is 11.3 Å². The molecule has 0 bridgehead atoms. The largest absolute Gasteiger partial charge is 0.481 e. The topological polar surface area (TPSA) is 102 Å². The summed E-state index contributed by atoms with van der Waals surface area (Å²) in [4.78, 5) is 12.0. The van der Waals surface area contributed by atoms with Crippen LogP contribution in [-0.2, 0) is 11.2 Å². The van der Waals surface area contributed by atoms with Gasteiger partial charge in [0, 0.05) is 22.6 Å². The van der Waals surface area contributed by atoms with E-state index in [2.05, 4.69) is 29.7 Å². The van der Waals surface area contributed by atoms with Crippen molar-refractivity contribution in [2.45, 2.75) is 89.3 Å². The fourth-order valence-electron chi connectivity index (χ4n) is 5.60. The molecule has 0 saturated heterocycles. The van der Waals surface area contributed by atoms with Gasteiger partial charge in [0.05, 0.1) is 24.2 Å². The van der Waals surface area contributed by atoms with Crippen molar-refractivity contribution in [1.29, 1.82) is 5.26 Å². The van der Waals surface area contributed by atoms with E-state index >= 15 is 0 Å². The van der Waals surface area contributed by atoms with Gasteiger partial charge in [0.15, 0.2) is 0 Å². The lowest BCUT2D eigenvalue weighted by atomic mass is 9.62. The molecule has 2 aliphatic rings. The summed E-state index contributed by atoms with van der Waals surface area (Å²) in [7, 11) is 0. The molecule has 0 aromatic carbocycles. The Bertz CT molecular complexity index is 780. The van der Waals surface area contributed by atoms with Crippen LogP contribution in [0.5, 0.6) is 0 Å². The van der Waals surface area contributed by atoms with Gasteiger partial charge < -0.3 is 15.3 Å². The Morgan fingerprint density at radius 3 is 2.72 bits per heavy atom. The predicted octanol–water partition coefficient (Wildman–Crippen LogP) is 5.33. The van der Waals surface area contributed by atoms with Crippen LogP contribution in [0.3, 0.4) is 0 Å². The molecule has 1 aromatic rings. The molecule has 176 valence electrons. The third-order valence-electron chi connectivity index (χ3n) is 7.68. The molecule has 0 amide bonds. The molecular formula is C26H37NO4S. The van der Waals surface area contributed by atoms with Crippen LogP contribution in [0, 0.1) is 34.5 Å². The smallest absolute Gasteiger partial charge is 0.303 e. The van der Waals surface area contributed by atoms with Gasteiger partial charge >= 0.3 is 5.97 Å².